The van der Waals surface area contributed by atoms with Gasteiger partial charge in [-0.2, -0.15) is 5.11 Å². The van der Waals surface area contributed by atoms with Gasteiger partial charge in [0, 0.05) is 18.2 Å². The standard InChI is InChI=1S/C19H17N5O4/c1-11(25)20-13-3-5-14(6-4-13)21-23-18-17(22-24-19(18)26)12-2-7-15-16(10-12)28-9-8-27-15/h2-7,10H,8-9H2,1H3,(H,20,25)(H2,22,24,26). The Hall–Kier alpha value is -3.88. The zero-order chi connectivity index (χ0) is 19.5. The number of nitrogens with zero attached hydrogens (tertiary/aromatic N) is 2. The summed E-state index contributed by atoms with van der Waals surface area (Å²) in [6.45, 7) is 2.42. The summed E-state index contributed by atoms with van der Waals surface area (Å²) in [6.07, 6.45) is 0. The van der Waals surface area contributed by atoms with E-state index in [-0.39, 0.29) is 17.2 Å². The molecule has 0 fully saturated rings. The SMILES string of the molecule is CC(=O)Nc1ccc(N=Nc2c(-c3ccc4c(c3)OCCO4)[nH][nH]c2=O)cc1. The Morgan fingerprint density at radius 2 is 1.75 bits per heavy atom. The van der Waals surface area contributed by atoms with Crippen molar-refractivity contribution < 1.29 is 14.3 Å². The normalized spacial score (nSPS) is 12.9. The van der Waals surface area contributed by atoms with Gasteiger partial charge in [-0.05, 0) is 42.5 Å². The predicted octanol–water partition coefficient (Wildman–Crippen LogP) is 3.52. The van der Waals surface area contributed by atoms with Crippen LogP contribution in [0.25, 0.3) is 11.3 Å². The van der Waals surface area contributed by atoms with Crippen molar-refractivity contribution in [3.8, 4) is 22.8 Å². The van der Waals surface area contributed by atoms with Crippen LogP contribution in [-0.4, -0.2) is 29.3 Å². The van der Waals surface area contributed by atoms with E-state index in [1.807, 2.05) is 6.07 Å². The van der Waals surface area contributed by atoms with Crippen LogP contribution < -0.4 is 20.3 Å². The molecular weight excluding hydrogens is 362 g/mol. The second-order valence-corrected chi connectivity index (χ2v) is 6.09. The van der Waals surface area contributed by atoms with E-state index in [0.29, 0.717) is 41.8 Å². The highest BCUT2D eigenvalue weighted by Crippen LogP contribution is 2.36. The van der Waals surface area contributed by atoms with Gasteiger partial charge in [0.05, 0.1) is 11.4 Å². The van der Waals surface area contributed by atoms with Crippen LogP contribution in [0, 0.1) is 0 Å². The average Bonchev–Trinajstić information content (AvgIpc) is 3.07. The Morgan fingerprint density at radius 3 is 2.50 bits per heavy atom. The summed E-state index contributed by atoms with van der Waals surface area (Å²) >= 11 is 0. The van der Waals surface area contributed by atoms with Crippen LogP contribution in [0.15, 0.2) is 57.5 Å². The highest BCUT2D eigenvalue weighted by atomic mass is 16.6. The van der Waals surface area contributed by atoms with Gasteiger partial charge >= 0.3 is 0 Å². The molecule has 0 spiro atoms. The Bertz CT molecular complexity index is 1100. The van der Waals surface area contributed by atoms with Gasteiger partial charge in [-0.25, -0.2) is 0 Å². The third-order valence-corrected chi connectivity index (χ3v) is 4.04. The number of amides is 1. The number of carbonyl (C=O) groups excluding carboxylic acids is 1. The minimum absolute atomic E-state index is 0.155. The van der Waals surface area contributed by atoms with Gasteiger partial charge in [-0.15, -0.1) is 5.11 Å². The van der Waals surface area contributed by atoms with Crippen LogP contribution in [-0.2, 0) is 4.79 Å². The fourth-order valence-electron chi connectivity index (χ4n) is 2.78. The lowest BCUT2D eigenvalue weighted by Crippen LogP contribution is -2.15. The molecule has 3 N–H and O–H groups in total. The van der Waals surface area contributed by atoms with E-state index in [0.717, 1.165) is 5.56 Å². The number of azo groups is 1. The van der Waals surface area contributed by atoms with Gasteiger partial charge in [-0.1, -0.05) is 0 Å². The quantitative estimate of drug-likeness (QED) is 0.601. The van der Waals surface area contributed by atoms with Crippen LogP contribution in [0.4, 0.5) is 17.1 Å². The first-order chi connectivity index (χ1) is 13.6. The number of fused-ring (bicyclic) bond motifs is 1. The molecule has 0 saturated carbocycles. The molecule has 1 aliphatic heterocycles. The maximum Gasteiger partial charge on any atom is 0.292 e. The first-order valence-corrected chi connectivity index (χ1v) is 8.60. The first-order valence-electron chi connectivity index (χ1n) is 8.60. The maximum absolute atomic E-state index is 12.2. The minimum Gasteiger partial charge on any atom is -0.486 e. The van der Waals surface area contributed by atoms with Gasteiger partial charge in [0.15, 0.2) is 17.2 Å². The van der Waals surface area contributed by atoms with Crippen molar-refractivity contribution in [2.45, 2.75) is 6.92 Å². The molecule has 0 radical (unpaired) electrons. The molecule has 3 aromatic rings. The van der Waals surface area contributed by atoms with E-state index in [1.165, 1.54) is 6.92 Å². The van der Waals surface area contributed by atoms with Gasteiger partial charge in [0.1, 0.15) is 13.2 Å². The summed E-state index contributed by atoms with van der Waals surface area (Å²) < 4.78 is 11.1. The van der Waals surface area contributed by atoms with Gasteiger partial charge in [0.2, 0.25) is 5.91 Å². The minimum atomic E-state index is -0.386. The molecule has 2 aromatic carbocycles. The van der Waals surface area contributed by atoms with Crippen molar-refractivity contribution in [2.24, 2.45) is 10.2 Å². The van der Waals surface area contributed by atoms with Crippen molar-refractivity contribution >= 4 is 23.0 Å². The number of ether oxygens (including phenoxy) is 2. The van der Waals surface area contributed by atoms with Crippen molar-refractivity contribution in [3.05, 3.63) is 52.8 Å². The van der Waals surface area contributed by atoms with Crippen LogP contribution >= 0.6 is 0 Å². The summed E-state index contributed by atoms with van der Waals surface area (Å²) in [4.78, 5) is 23.2. The van der Waals surface area contributed by atoms with Crippen molar-refractivity contribution in [1.82, 2.24) is 10.2 Å². The number of anilines is 1. The van der Waals surface area contributed by atoms with E-state index in [4.69, 9.17) is 9.47 Å². The Labute approximate surface area is 159 Å². The lowest BCUT2D eigenvalue weighted by atomic mass is 10.1. The molecule has 0 aliphatic carbocycles. The van der Waals surface area contributed by atoms with Crippen LogP contribution in [0.1, 0.15) is 6.92 Å². The van der Waals surface area contributed by atoms with Gasteiger partial charge in [-0.3, -0.25) is 19.8 Å². The monoisotopic (exact) mass is 379 g/mol. The van der Waals surface area contributed by atoms with E-state index in [1.54, 1.807) is 36.4 Å². The lowest BCUT2D eigenvalue weighted by Gasteiger charge is -2.18. The van der Waals surface area contributed by atoms with Crippen LogP contribution in [0.5, 0.6) is 11.5 Å². The molecule has 1 amide bonds. The van der Waals surface area contributed by atoms with Crippen molar-refractivity contribution in [3.63, 3.8) is 0 Å². The summed E-state index contributed by atoms with van der Waals surface area (Å²) in [5, 5.41) is 16.3. The largest absolute Gasteiger partial charge is 0.486 e. The first kappa shape index (κ1) is 17.5. The molecule has 4 rings (SSSR count). The summed E-state index contributed by atoms with van der Waals surface area (Å²) in [6, 6.07) is 12.2. The maximum atomic E-state index is 12.2. The van der Waals surface area contributed by atoms with Crippen LogP contribution in [0.3, 0.4) is 0 Å². The predicted molar refractivity (Wildman–Crippen MR) is 103 cm³/mol. The van der Waals surface area contributed by atoms with Gasteiger partial charge in [0.25, 0.3) is 5.56 Å². The number of aromatic nitrogens is 2. The third-order valence-electron chi connectivity index (χ3n) is 4.04. The molecule has 142 valence electrons. The number of aromatic amines is 2. The number of nitrogens with one attached hydrogen (secondary N) is 3. The van der Waals surface area contributed by atoms with Crippen molar-refractivity contribution in [1.29, 1.82) is 0 Å². The fraction of sp³-hybridized carbons (Fsp3) is 0.158. The summed E-state index contributed by atoms with van der Waals surface area (Å²) in [5.74, 6) is 1.12. The second-order valence-electron chi connectivity index (χ2n) is 6.09. The highest BCUT2D eigenvalue weighted by Gasteiger charge is 2.16. The molecule has 1 aliphatic rings. The number of hydrogen-bond acceptors (Lipinski definition) is 6. The van der Waals surface area contributed by atoms with E-state index in [2.05, 4.69) is 25.7 Å². The molecular formula is C19H17N5O4. The topological polar surface area (TPSA) is 121 Å². The molecule has 9 heteroatoms. The number of rotatable bonds is 4. The molecule has 0 unspecified atom stereocenters. The molecule has 0 atom stereocenters. The van der Waals surface area contributed by atoms with E-state index < -0.39 is 0 Å². The summed E-state index contributed by atoms with van der Waals surface area (Å²) in [7, 11) is 0. The lowest BCUT2D eigenvalue weighted by molar-refractivity contribution is -0.114. The third kappa shape index (κ3) is 3.63. The Kier molecular flexibility index (Phi) is 4.63. The molecule has 28 heavy (non-hydrogen) atoms. The number of benzene rings is 2. The highest BCUT2D eigenvalue weighted by molar-refractivity contribution is 5.88. The average molecular weight is 379 g/mol. The number of carbonyl (C=O) groups is 1. The smallest absolute Gasteiger partial charge is 0.292 e. The molecule has 2 heterocycles. The molecule has 0 bridgehead atoms. The van der Waals surface area contributed by atoms with Crippen LogP contribution in [0.2, 0.25) is 0 Å². The zero-order valence-electron chi connectivity index (χ0n) is 15.0. The second kappa shape index (κ2) is 7.39. The molecule has 9 nitrogen and oxygen atoms in total. The number of hydrogen-bond donors (Lipinski definition) is 3. The Morgan fingerprint density at radius 1 is 1.00 bits per heavy atom. The van der Waals surface area contributed by atoms with Gasteiger partial charge < -0.3 is 14.8 Å². The fourth-order valence-corrected chi connectivity index (χ4v) is 2.78. The molecule has 1 aromatic heterocycles. The van der Waals surface area contributed by atoms with Crippen molar-refractivity contribution in [2.75, 3.05) is 18.5 Å². The van der Waals surface area contributed by atoms with E-state index in [9.17, 15) is 9.59 Å². The number of H-pyrrole nitrogens is 2. The van der Waals surface area contributed by atoms with E-state index >= 15 is 0 Å². The summed E-state index contributed by atoms with van der Waals surface area (Å²) in [5.41, 5.74) is 2.19. The molecule has 0 saturated heterocycles. The Balaban J connectivity index is 1.61. The zero-order valence-corrected chi connectivity index (χ0v) is 15.0.